The van der Waals surface area contributed by atoms with Crippen LogP contribution in [0.2, 0.25) is 0 Å². The van der Waals surface area contributed by atoms with Crippen molar-refractivity contribution in [1.29, 1.82) is 0 Å². The molecule has 0 saturated carbocycles. The molecule has 0 aliphatic carbocycles. The second-order valence-corrected chi connectivity index (χ2v) is 8.24. The fraction of sp³-hybridized carbons (Fsp3) is 0.714. The summed E-state index contributed by atoms with van der Waals surface area (Å²) in [7, 11) is -4.47. The Morgan fingerprint density at radius 1 is 0.577 bits per heavy atom. The molecule has 26 heavy (non-hydrogen) atoms. The molecule has 0 aliphatic rings. The molecular weight excluding hydrogens is 371 g/mol. The Kier molecular flexibility index (Phi) is 13.5. The first-order valence-electron chi connectivity index (χ1n) is 10.0. The molecule has 1 rings (SSSR count). The number of hydrogen-bond acceptors (Lipinski definition) is 3. The van der Waals surface area contributed by atoms with Gasteiger partial charge in [0.25, 0.3) is 0 Å². The second kappa shape index (κ2) is 13.1. The van der Waals surface area contributed by atoms with Crippen LogP contribution < -0.4 is 51.4 Å². The Morgan fingerprint density at radius 2 is 0.808 bits per heavy atom. The summed E-state index contributed by atoms with van der Waals surface area (Å²) in [5, 5.41) is 0. The monoisotopic (exact) mass is 406 g/mol. The minimum Gasteiger partial charge on any atom is -0.744 e. The van der Waals surface area contributed by atoms with E-state index in [4.69, 9.17) is 0 Å². The van der Waals surface area contributed by atoms with Gasteiger partial charge in [0.15, 0.2) is 0 Å². The predicted octanol–water partition coefficient (Wildman–Crippen LogP) is 2.36. The predicted molar refractivity (Wildman–Crippen MR) is 104 cm³/mol. The van der Waals surface area contributed by atoms with Crippen molar-refractivity contribution < 1.29 is 64.4 Å². The van der Waals surface area contributed by atoms with Gasteiger partial charge in [0.2, 0.25) is 0 Å². The van der Waals surface area contributed by atoms with Crippen molar-refractivity contribution in [1.82, 2.24) is 0 Å². The van der Waals surface area contributed by atoms with Gasteiger partial charge < -0.3 is 4.55 Å². The molecule has 1 aromatic rings. The molecule has 0 spiro atoms. The average molecular weight is 407 g/mol. The smallest absolute Gasteiger partial charge is 0.744 e. The van der Waals surface area contributed by atoms with Gasteiger partial charge in [0.05, 0.1) is 4.90 Å². The Bertz CT molecular complexity index is 629. The van der Waals surface area contributed by atoms with Gasteiger partial charge in [-0.15, -0.1) is 0 Å². The van der Waals surface area contributed by atoms with Crippen molar-refractivity contribution in [3.63, 3.8) is 0 Å². The largest absolute Gasteiger partial charge is 1.00 e. The summed E-state index contributed by atoms with van der Waals surface area (Å²) in [4.78, 5) is 0.128. The van der Waals surface area contributed by atoms with Crippen LogP contribution in [-0.2, 0) is 42.2 Å². The van der Waals surface area contributed by atoms with Gasteiger partial charge in [-0.25, -0.2) is 8.42 Å². The van der Waals surface area contributed by atoms with Gasteiger partial charge in [-0.05, 0) is 59.9 Å². The zero-order chi connectivity index (χ0) is 19.0. The van der Waals surface area contributed by atoms with E-state index in [9.17, 15) is 13.0 Å². The summed E-state index contributed by atoms with van der Waals surface area (Å²) in [6.07, 6.45) is 8.69. The summed E-state index contributed by atoms with van der Waals surface area (Å²) < 4.78 is 36.8. The van der Waals surface area contributed by atoms with Crippen LogP contribution in [0.15, 0.2) is 4.90 Å². The molecule has 0 N–H and O–H groups in total. The number of rotatable bonds is 11. The van der Waals surface area contributed by atoms with Crippen LogP contribution in [0.4, 0.5) is 0 Å². The van der Waals surface area contributed by atoms with E-state index in [1.807, 2.05) is 0 Å². The van der Waals surface area contributed by atoms with E-state index in [-0.39, 0.29) is 56.3 Å². The van der Waals surface area contributed by atoms with E-state index < -0.39 is 10.1 Å². The van der Waals surface area contributed by atoms with Crippen molar-refractivity contribution in [2.24, 2.45) is 0 Å². The van der Waals surface area contributed by atoms with Gasteiger partial charge in [-0.3, -0.25) is 0 Å². The van der Waals surface area contributed by atoms with Crippen LogP contribution in [0.5, 0.6) is 0 Å². The van der Waals surface area contributed by atoms with Crippen LogP contribution in [0, 0.1) is 0 Å². The van der Waals surface area contributed by atoms with E-state index >= 15 is 0 Å². The first kappa shape index (κ1) is 26.8. The second-order valence-electron chi connectivity index (χ2n) is 6.93. The third-order valence-electron chi connectivity index (χ3n) is 4.76. The minimum absolute atomic E-state index is 0. The van der Waals surface area contributed by atoms with Crippen LogP contribution in [0.1, 0.15) is 94.5 Å². The van der Waals surface area contributed by atoms with E-state index in [1.54, 1.807) is 0 Å². The fourth-order valence-electron chi connectivity index (χ4n) is 3.99. The van der Waals surface area contributed by atoms with Gasteiger partial charge in [-0.2, -0.15) is 0 Å². The third kappa shape index (κ3) is 6.68. The maximum atomic E-state index is 12.3. The summed E-state index contributed by atoms with van der Waals surface area (Å²) in [5.41, 5.74) is 5.30. The van der Waals surface area contributed by atoms with Crippen molar-refractivity contribution in [2.45, 2.75) is 104 Å². The molecule has 0 saturated heterocycles. The minimum atomic E-state index is -4.47. The van der Waals surface area contributed by atoms with Crippen LogP contribution in [-0.4, -0.2) is 13.0 Å². The van der Waals surface area contributed by atoms with Gasteiger partial charge in [0.1, 0.15) is 10.1 Å². The van der Waals surface area contributed by atoms with E-state index in [1.165, 1.54) is 5.56 Å². The molecule has 0 bridgehead atoms. The van der Waals surface area contributed by atoms with Crippen molar-refractivity contribution >= 4 is 10.1 Å². The molecule has 0 heterocycles. The standard InChI is InChI=1S/C21H36O3S.K/c1-6-11-16-17(12-7-2)19(14-9-4)21(25(22,23)24)20(15-10-5)18(16)13-8-3;/h6-15H2,1-5H3,(H,22,23,24);/q;+1/p-1. The van der Waals surface area contributed by atoms with Crippen molar-refractivity contribution in [3.8, 4) is 0 Å². The molecule has 1 aromatic carbocycles. The van der Waals surface area contributed by atoms with E-state index in [0.29, 0.717) is 12.8 Å². The maximum absolute atomic E-state index is 12.3. The Hall–Kier alpha value is 0.766. The quantitative estimate of drug-likeness (QED) is 0.419. The molecule has 0 unspecified atom stereocenters. The number of hydrogen-bond donors (Lipinski definition) is 0. The molecule has 3 nitrogen and oxygen atoms in total. The summed E-state index contributed by atoms with van der Waals surface area (Å²) in [6.45, 7) is 10.5. The molecule has 5 heteroatoms. The van der Waals surface area contributed by atoms with E-state index in [0.717, 1.165) is 73.6 Å². The molecule has 0 fully saturated rings. The Balaban J connectivity index is 0.00000625. The zero-order valence-corrected chi connectivity index (χ0v) is 21.6. The maximum Gasteiger partial charge on any atom is 1.00 e. The zero-order valence-electron chi connectivity index (χ0n) is 17.7. The van der Waals surface area contributed by atoms with Gasteiger partial charge in [-0.1, -0.05) is 66.7 Å². The fourth-order valence-corrected chi connectivity index (χ4v) is 5.04. The van der Waals surface area contributed by atoms with E-state index in [2.05, 4.69) is 34.6 Å². The van der Waals surface area contributed by atoms with Crippen molar-refractivity contribution in [2.75, 3.05) is 0 Å². The first-order valence-corrected chi connectivity index (χ1v) is 11.4. The van der Waals surface area contributed by atoms with Crippen molar-refractivity contribution in [3.05, 3.63) is 27.8 Å². The molecular formula is C21H35KO3S. The molecule has 0 amide bonds. The van der Waals surface area contributed by atoms with Crippen LogP contribution in [0.3, 0.4) is 0 Å². The van der Waals surface area contributed by atoms with Crippen LogP contribution >= 0.6 is 0 Å². The first-order chi connectivity index (χ1) is 11.9. The third-order valence-corrected chi connectivity index (χ3v) is 5.75. The summed E-state index contributed by atoms with van der Waals surface area (Å²) in [5.74, 6) is 0. The van der Waals surface area contributed by atoms with Crippen LogP contribution in [0.25, 0.3) is 0 Å². The SMILES string of the molecule is CCCc1c(CCC)c(CCC)c(S(=O)(=O)[O-])c(CCC)c1CCC.[K+]. The normalized spacial score (nSPS) is 11.5. The number of benzene rings is 1. The van der Waals surface area contributed by atoms with Gasteiger partial charge in [0, 0.05) is 0 Å². The molecule has 0 aromatic heterocycles. The summed E-state index contributed by atoms with van der Waals surface area (Å²) in [6, 6.07) is 0. The topological polar surface area (TPSA) is 57.2 Å². The molecule has 0 radical (unpaired) electrons. The average Bonchev–Trinajstić information content (AvgIpc) is 2.53. The molecule has 144 valence electrons. The Morgan fingerprint density at radius 3 is 1.04 bits per heavy atom. The van der Waals surface area contributed by atoms with Gasteiger partial charge >= 0.3 is 51.4 Å². The molecule has 0 aliphatic heterocycles. The Labute approximate surface area is 203 Å². The molecule has 0 atom stereocenters. The summed E-state index contributed by atoms with van der Waals surface area (Å²) >= 11 is 0.